The highest BCUT2D eigenvalue weighted by molar-refractivity contribution is 5.67. The number of benzene rings is 2. The fraction of sp³-hybridized carbons (Fsp3) is 0.261. The monoisotopic (exact) mass is 406 g/mol. The van der Waals surface area contributed by atoms with E-state index in [0.29, 0.717) is 23.5 Å². The van der Waals surface area contributed by atoms with Crippen LogP contribution >= 0.6 is 0 Å². The summed E-state index contributed by atoms with van der Waals surface area (Å²) in [6, 6.07) is 15.1. The third kappa shape index (κ3) is 4.49. The highest BCUT2D eigenvalue weighted by Crippen LogP contribution is 2.31. The van der Waals surface area contributed by atoms with Gasteiger partial charge in [-0.15, -0.1) is 0 Å². The lowest BCUT2D eigenvalue weighted by Crippen LogP contribution is -2.48. The van der Waals surface area contributed by atoms with Gasteiger partial charge in [0.2, 0.25) is 0 Å². The van der Waals surface area contributed by atoms with Crippen LogP contribution in [-0.4, -0.2) is 31.6 Å². The molecule has 2 N–H and O–H groups in total. The lowest BCUT2D eigenvalue weighted by Gasteiger charge is -2.38. The summed E-state index contributed by atoms with van der Waals surface area (Å²) in [5.41, 5.74) is 1.34. The van der Waals surface area contributed by atoms with E-state index in [4.69, 9.17) is 5.26 Å². The molecule has 0 fully saturated rings. The number of nitrogens with zero attached hydrogens (tertiary/aromatic N) is 3. The van der Waals surface area contributed by atoms with Crippen molar-refractivity contribution in [1.82, 2.24) is 14.9 Å². The van der Waals surface area contributed by atoms with Gasteiger partial charge < -0.3 is 10.1 Å². The standard InChI is InChI=1S/C23H23FN4O2/c1-23(2,3)28(22(29)30)20(11-15-7-5-4-6-8-15)21-26-14-19(27-21)16-9-10-17(13-25)18(24)12-16/h4-10,12,14,20H,11H2,1-3H3,(H,26,27)(H,29,30)/t20-/m0/s1. The predicted molar refractivity (Wildman–Crippen MR) is 111 cm³/mol. The van der Waals surface area contributed by atoms with E-state index in [1.807, 2.05) is 51.1 Å². The van der Waals surface area contributed by atoms with Gasteiger partial charge in [0.05, 0.1) is 23.5 Å². The number of carboxylic acid groups (broad SMARTS) is 1. The van der Waals surface area contributed by atoms with E-state index < -0.39 is 23.5 Å². The van der Waals surface area contributed by atoms with Crippen molar-refractivity contribution < 1.29 is 14.3 Å². The van der Waals surface area contributed by atoms with Crippen molar-refractivity contribution in [3.05, 3.63) is 77.5 Å². The molecule has 154 valence electrons. The maximum atomic E-state index is 14.0. The predicted octanol–water partition coefficient (Wildman–Crippen LogP) is 5.15. The molecule has 0 unspecified atom stereocenters. The summed E-state index contributed by atoms with van der Waals surface area (Å²) < 4.78 is 14.0. The summed E-state index contributed by atoms with van der Waals surface area (Å²) in [6.45, 7) is 5.50. The average molecular weight is 406 g/mol. The van der Waals surface area contributed by atoms with Crippen LogP contribution in [0.5, 0.6) is 0 Å². The van der Waals surface area contributed by atoms with Gasteiger partial charge in [0.25, 0.3) is 0 Å². The van der Waals surface area contributed by atoms with Crippen LogP contribution in [0.4, 0.5) is 9.18 Å². The minimum atomic E-state index is -1.05. The molecule has 30 heavy (non-hydrogen) atoms. The minimum Gasteiger partial charge on any atom is -0.465 e. The molecule has 0 spiro atoms. The van der Waals surface area contributed by atoms with E-state index in [0.717, 1.165) is 5.56 Å². The third-order valence-electron chi connectivity index (χ3n) is 4.82. The first-order valence-corrected chi connectivity index (χ1v) is 9.52. The molecule has 0 saturated heterocycles. The van der Waals surface area contributed by atoms with Crippen LogP contribution in [0, 0.1) is 17.1 Å². The number of hydrogen-bond donors (Lipinski definition) is 2. The molecule has 1 atom stereocenters. The van der Waals surface area contributed by atoms with E-state index in [2.05, 4.69) is 9.97 Å². The molecule has 0 aliphatic heterocycles. The van der Waals surface area contributed by atoms with Crippen molar-refractivity contribution in [2.75, 3.05) is 0 Å². The molecular weight excluding hydrogens is 383 g/mol. The number of aromatic nitrogens is 2. The summed E-state index contributed by atoms with van der Waals surface area (Å²) in [5, 5.41) is 18.9. The number of rotatable bonds is 5. The zero-order chi connectivity index (χ0) is 21.9. The number of aromatic amines is 1. The van der Waals surface area contributed by atoms with Gasteiger partial charge in [-0.1, -0.05) is 36.4 Å². The lowest BCUT2D eigenvalue weighted by molar-refractivity contribution is 0.0670. The molecule has 6 nitrogen and oxygen atoms in total. The van der Waals surface area contributed by atoms with E-state index >= 15 is 0 Å². The molecule has 7 heteroatoms. The molecule has 3 rings (SSSR count). The Labute approximate surface area is 174 Å². The molecule has 0 radical (unpaired) electrons. The Bertz CT molecular complexity index is 1080. The van der Waals surface area contributed by atoms with Crippen molar-refractivity contribution in [1.29, 1.82) is 5.26 Å². The summed E-state index contributed by atoms with van der Waals surface area (Å²) >= 11 is 0. The number of nitrogens with one attached hydrogen (secondary N) is 1. The number of nitriles is 1. The minimum absolute atomic E-state index is 0.0368. The Morgan fingerprint density at radius 1 is 1.27 bits per heavy atom. The van der Waals surface area contributed by atoms with Crippen LogP contribution in [-0.2, 0) is 6.42 Å². The topological polar surface area (TPSA) is 93.0 Å². The SMILES string of the molecule is CC(C)(C)N(C(=O)O)[C@@H](Cc1ccccc1)c1ncc(-c2ccc(C#N)c(F)c2)[nH]1. The second kappa shape index (κ2) is 8.37. The molecule has 0 saturated carbocycles. The first-order chi connectivity index (χ1) is 14.2. The number of hydrogen-bond acceptors (Lipinski definition) is 3. The maximum Gasteiger partial charge on any atom is 0.408 e. The Kier molecular flexibility index (Phi) is 5.88. The first-order valence-electron chi connectivity index (χ1n) is 9.52. The summed E-state index contributed by atoms with van der Waals surface area (Å²) in [5.74, 6) is -0.148. The highest BCUT2D eigenvalue weighted by Gasteiger charge is 2.36. The van der Waals surface area contributed by atoms with Gasteiger partial charge in [-0.2, -0.15) is 5.26 Å². The average Bonchev–Trinajstić information content (AvgIpc) is 3.17. The zero-order valence-electron chi connectivity index (χ0n) is 17.1. The van der Waals surface area contributed by atoms with Gasteiger partial charge in [-0.3, -0.25) is 4.90 Å². The zero-order valence-corrected chi connectivity index (χ0v) is 17.1. The van der Waals surface area contributed by atoms with Gasteiger partial charge in [0, 0.05) is 17.5 Å². The van der Waals surface area contributed by atoms with E-state index in [-0.39, 0.29) is 5.56 Å². The Balaban J connectivity index is 2.03. The van der Waals surface area contributed by atoms with Crippen LogP contribution in [0.2, 0.25) is 0 Å². The van der Waals surface area contributed by atoms with Gasteiger partial charge in [0.1, 0.15) is 17.7 Å². The number of carbonyl (C=O) groups is 1. The number of H-pyrrole nitrogens is 1. The van der Waals surface area contributed by atoms with Gasteiger partial charge in [-0.05, 0) is 38.5 Å². The van der Waals surface area contributed by atoms with Crippen LogP contribution in [0.1, 0.15) is 43.8 Å². The van der Waals surface area contributed by atoms with Crippen molar-refractivity contribution in [3.8, 4) is 17.3 Å². The van der Waals surface area contributed by atoms with Crippen LogP contribution < -0.4 is 0 Å². The second-order valence-electron chi connectivity index (χ2n) is 8.02. The van der Waals surface area contributed by atoms with E-state index in [1.165, 1.54) is 17.0 Å². The summed E-state index contributed by atoms with van der Waals surface area (Å²) in [6.07, 6.45) is 0.932. The molecule has 0 bridgehead atoms. The molecule has 3 aromatic rings. The molecule has 0 aliphatic rings. The Hall–Kier alpha value is -3.66. The van der Waals surface area contributed by atoms with Crippen molar-refractivity contribution in [2.45, 2.75) is 38.8 Å². The van der Waals surface area contributed by atoms with Crippen molar-refractivity contribution in [2.24, 2.45) is 0 Å². The molecule has 1 amide bonds. The third-order valence-corrected chi connectivity index (χ3v) is 4.82. The van der Waals surface area contributed by atoms with Crippen molar-refractivity contribution in [3.63, 3.8) is 0 Å². The Morgan fingerprint density at radius 3 is 2.53 bits per heavy atom. The lowest BCUT2D eigenvalue weighted by atomic mass is 9.98. The van der Waals surface area contributed by atoms with Gasteiger partial charge >= 0.3 is 6.09 Å². The number of amides is 1. The highest BCUT2D eigenvalue weighted by atomic mass is 19.1. The Morgan fingerprint density at radius 2 is 1.97 bits per heavy atom. The van der Waals surface area contributed by atoms with Crippen LogP contribution in [0.15, 0.2) is 54.7 Å². The van der Waals surface area contributed by atoms with E-state index in [1.54, 1.807) is 18.3 Å². The first kappa shape index (κ1) is 21.1. The smallest absolute Gasteiger partial charge is 0.408 e. The van der Waals surface area contributed by atoms with Crippen molar-refractivity contribution >= 4 is 6.09 Å². The summed E-state index contributed by atoms with van der Waals surface area (Å²) in [4.78, 5) is 21.1. The number of halogens is 1. The quantitative estimate of drug-likeness (QED) is 0.613. The fourth-order valence-electron chi connectivity index (χ4n) is 3.46. The van der Waals surface area contributed by atoms with Gasteiger partial charge in [-0.25, -0.2) is 14.2 Å². The largest absolute Gasteiger partial charge is 0.465 e. The van der Waals surface area contributed by atoms with Crippen LogP contribution in [0.3, 0.4) is 0 Å². The maximum absolute atomic E-state index is 14.0. The second-order valence-corrected chi connectivity index (χ2v) is 8.02. The molecule has 1 aromatic heterocycles. The van der Waals surface area contributed by atoms with E-state index in [9.17, 15) is 14.3 Å². The summed E-state index contributed by atoms with van der Waals surface area (Å²) in [7, 11) is 0. The normalized spacial score (nSPS) is 12.2. The van der Waals surface area contributed by atoms with Crippen LogP contribution in [0.25, 0.3) is 11.3 Å². The number of imidazole rings is 1. The molecule has 2 aromatic carbocycles. The molecule has 1 heterocycles. The van der Waals surface area contributed by atoms with Gasteiger partial charge in [0.15, 0.2) is 0 Å². The molecule has 0 aliphatic carbocycles. The molecular formula is C23H23FN4O2. The fourth-order valence-corrected chi connectivity index (χ4v) is 3.46.